The zero-order valence-corrected chi connectivity index (χ0v) is 19.5. The molecular weight excluding hydrogens is 484 g/mol. The highest BCUT2D eigenvalue weighted by Crippen LogP contribution is 2.23. The predicted molar refractivity (Wildman–Crippen MR) is 122 cm³/mol. The molecule has 0 saturated carbocycles. The van der Waals surface area contributed by atoms with Gasteiger partial charge in [-0.2, -0.15) is 5.10 Å². The van der Waals surface area contributed by atoms with Gasteiger partial charge in [-0.05, 0) is 62.4 Å². The molecule has 0 unspecified atom stereocenters. The topological polar surface area (TPSA) is 116 Å². The summed E-state index contributed by atoms with van der Waals surface area (Å²) in [5.74, 6) is 0.0406. The van der Waals surface area contributed by atoms with Gasteiger partial charge < -0.3 is 9.30 Å². The van der Waals surface area contributed by atoms with E-state index in [2.05, 4.69) is 26.5 Å². The monoisotopic (exact) mass is 504 g/mol. The molecule has 0 aliphatic rings. The summed E-state index contributed by atoms with van der Waals surface area (Å²) < 4.78 is 30.8. The van der Waals surface area contributed by atoms with Gasteiger partial charge in [0.25, 0.3) is 5.91 Å². The molecule has 31 heavy (non-hydrogen) atoms. The second-order valence-corrected chi connectivity index (χ2v) is 9.22. The van der Waals surface area contributed by atoms with Crippen LogP contribution in [0.5, 0.6) is 5.75 Å². The number of aryl methyl sites for hydroxylation is 1. The van der Waals surface area contributed by atoms with Gasteiger partial charge in [0.15, 0.2) is 0 Å². The Labute approximate surface area is 188 Å². The Balaban J connectivity index is 1.82. The molecule has 8 nitrogen and oxygen atoms in total. The molecule has 3 rings (SSSR count). The maximum absolute atomic E-state index is 12.5. The van der Waals surface area contributed by atoms with Crippen molar-refractivity contribution < 1.29 is 17.9 Å². The fourth-order valence-electron chi connectivity index (χ4n) is 3.18. The largest absolute Gasteiger partial charge is 0.496 e. The number of halogens is 1. The molecule has 1 heterocycles. The van der Waals surface area contributed by atoms with Crippen LogP contribution in [0.4, 0.5) is 0 Å². The number of benzene rings is 2. The molecule has 0 saturated heterocycles. The average Bonchev–Trinajstić information content (AvgIpc) is 3.00. The van der Waals surface area contributed by atoms with Crippen LogP contribution in [0.15, 0.2) is 63.0 Å². The third kappa shape index (κ3) is 5.04. The van der Waals surface area contributed by atoms with Crippen LogP contribution in [0.3, 0.4) is 0 Å². The van der Waals surface area contributed by atoms with Gasteiger partial charge in [0, 0.05) is 27.1 Å². The fourth-order valence-corrected chi connectivity index (χ4v) is 4.06. The quantitative estimate of drug-likeness (QED) is 0.395. The van der Waals surface area contributed by atoms with Crippen molar-refractivity contribution in [3.8, 4) is 11.4 Å². The number of hydrogen-bond donors (Lipinski definition) is 2. The van der Waals surface area contributed by atoms with Crippen LogP contribution in [0.2, 0.25) is 0 Å². The first-order chi connectivity index (χ1) is 14.6. The molecule has 2 aromatic carbocycles. The van der Waals surface area contributed by atoms with Crippen LogP contribution in [0.1, 0.15) is 27.3 Å². The van der Waals surface area contributed by atoms with Crippen molar-refractivity contribution in [2.45, 2.75) is 18.7 Å². The van der Waals surface area contributed by atoms with Crippen molar-refractivity contribution in [2.24, 2.45) is 10.2 Å². The fraction of sp³-hybridized carbons (Fsp3) is 0.143. The van der Waals surface area contributed by atoms with E-state index in [9.17, 15) is 13.2 Å². The van der Waals surface area contributed by atoms with Crippen molar-refractivity contribution in [1.82, 2.24) is 9.99 Å². The molecule has 10 heteroatoms. The number of nitrogens with one attached hydrogen (secondary N) is 1. The summed E-state index contributed by atoms with van der Waals surface area (Å²) in [6.45, 7) is 3.82. The Kier molecular flexibility index (Phi) is 6.63. The molecule has 3 N–H and O–H groups in total. The Morgan fingerprint density at radius 2 is 1.84 bits per heavy atom. The second-order valence-electron chi connectivity index (χ2n) is 6.74. The summed E-state index contributed by atoms with van der Waals surface area (Å²) in [6, 6.07) is 13.3. The van der Waals surface area contributed by atoms with Gasteiger partial charge in [0.1, 0.15) is 5.75 Å². The number of hydrogen-bond acceptors (Lipinski definition) is 5. The Bertz CT molecular complexity index is 1270. The second kappa shape index (κ2) is 9.04. The molecular formula is C21H21BrN4O4S. The number of ether oxygens (including phenoxy) is 1. The number of methoxy groups -OCH3 is 1. The van der Waals surface area contributed by atoms with Gasteiger partial charge in [-0.3, -0.25) is 4.79 Å². The molecule has 162 valence electrons. The van der Waals surface area contributed by atoms with Gasteiger partial charge in [-0.15, -0.1) is 0 Å². The van der Waals surface area contributed by atoms with Crippen LogP contribution >= 0.6 is 15.9 Å². The first-order valence-corrected chi connectivity index (χ1v) is 11.4. The summed E-state index contributed by atoms with van der Waals surface area (Å²) in [7, 11) is -2.26. The SMILES string of the molecule is COc1ccc(Br)cc1C(=O)N/N=C/c1cc(C)n(-c2ccc(S(N)(=O)=O)cc2)c1C. The molecule has 0 aliphatic heterocycles. The standard InChI is InChI=1S/C21H21BrN4O4S/c1-13-10-15(12-24-25-21(27)19-11-16(22)4-9-20(19)30-3)14(2)26(13)17-5-7-18(8-6-17)31(23,28)29/h4-12H,1-3H3,(H,25,27)(H2,23,28,29)/b24-12+. The van der Waals surface area contributed by atoms with Crippen LogP contribution in [0.25, 0.3) is 5.69 Å². The van der Waals surface area contributed by atoms with E-state index in [0.29, 0.717) is 11.3 Å². The lowest BCUT2D eigenvalue weighted by Gasteiger charge is -2.10. The van der Waals surface area contributed by atoms with Crippen molar-refractivity contribution in [3.05, 3.63) is 75.5 Å². The summed E-state index contributed by atoms with van der Waals surface area (Å²) in [6.07, 6.45) is 1.56. The zero-order chi connectivity index (χ0) is 22.8. The third-order valence-corrected chi connectivity index (χ3v) is 6.09. The third-order valence-electron chi connectivity index (χ3n) is 4.67. The molecule has 1 amide bonds. The van der Waals surface area contributed by atoms with Crippen molar-refractivity contribution in [3.63, 3.8) is 0 Å². The van der Waals surface area contributed by atoms with Crippen molar-refractivity contribution in [2.75, 3.05) is 7.11 Å². The normalized spacial score (nSPS) is 11.6. The average molecular weight is 505 g/mol. The van der Waals surface area contributed by atoms with E-state index in [1.54, 1.807) is 36.5 Å². The molecule has 0 bridgehead atoms. The maximum Gasteiger partial charge on any atom is 0.275 e. The lowest BCUT2D eigenvalue weighted by Crippen LogP contribution is -2.18. The van der Waals surface area contributed by atoms with E-state index in [1.165, 1.54) is 19.2 Å². The van der Waals surface area contributed by atoms with Gasteiger partial charge in [0.05, 0.1) is 23.8 Å². The number of aromatic nitrogens is 1. The zero-order valence-electron chi connectivity index (χ0n) is 17.1. The number of amides is 1. The predicted octanol–water partition coefficient (Wildman–Crippen LogP) is 3.28. The molecule has 0 radical (unpaired) electrons. The highest BCUT2D eigenvalue weighted by atomic mass is 79.9. The van der Waals surface area contributed by atoms with Gasteiger partial charge in [-0.25, -0.2) is 19.0 Å². The van der Waals surface area contributed by atoms with E-state index in [0.717, 1.165) is 27.1 Å². The highest BCUT2D eigenvalue weighted by Gasteiger charge is 2.14. The smallest absolute Gasteiger partial charge is 0.275 e. The molecule has 0 atom stereocenters. The molecule has 1 aromatic heterocycles. The number of hydrazone groups is 1. The minimum absolute atomic E-state index is 0.0474. The first-order valence-electron chi connectivity index (χ1n) is 9.11. The molecule has 0 fully saturated rings. The highest BCUT2D eigenvalue weighted by molar-refractivity contribution is 9.10. The van der Waals surface area contributed by atoms with E-state index >= 15 is 0 Å². The van der Waals surface area contributed by atoms with Crippen LogP contribution in [-0.4, -0.2) is 32.2 Å². The van der Waals surface area contributed by atoms with Crippen LogP contribution in [-0.2, 0) is 10.0 Å². The molecule has 3 aromatic rings. The van der Waals surface area contributed by atoms with Crippen LogP contribution in [0, 0.1) is 13.8 Å². The number of primary sulfonamides is 1. The summed E-state index contributed by atoms with van der Waals surface area (Å²) in [4.78, 5) is 12.5. The number of sulfonamides is 1. The first kappa shape index (κ1) is 22.7. The van der Waals surface area contributed by atoms with Crippen molar-refractivity contribution in [1.29, 1.82) is 0 Å². The Hall–Kier alpha value is -2.95. The number of rotatable bonds is 6. The number of nitrogens with zero attached hydrogens (tertiary/aromatic N) is 2. The van der Waals surface area contributed by atoms with Gasteiger partial charge in [0.2, 0.25) is 10.0 Å². The van der Waals surface area contributed by atoms with Gasteiger partial charge >= 0.3 is 0 Å². The van der Waals surface area contributed by atoms with E-state index in [1.807, 2.05) is 24.5 Å². The summed E-state index contributed by atoms with van der Waals surface area (Å²) >= 11 is 3.34. The van der Waals surface area contributed by atoms with Crippen LogP contribution < -0.4 is 15.3 Å². The molecule has 0 spiro atoms. The Morgan fingerprint density at radius 3 is 2.45 bits per heavy atom. The Morgan fingerprint density at radius 1 is 1.16 bits per heavy atom. The minimum atomic E-state index is -3.75. The lowest BCUT2D eigenvalue weighted by molar-refractivity contribution is 0.0952. The van der Waals surface area contributed by atoms with Crippen molar-refractivity contribution >= 4 is 38.1 Å². The minimum Gasteiger partial charge on any atom is -0.496 e. The lowest BCUT2D eigenvalue weighted by atomic mass is 10.2. The van der Waals surface area contributed by atoms with E-state index in [-0.39, 0.29) is 4.90 Å². The van der Waals surface area contributed by atoms with E-state index in [4.69, 9.17) is 9.88 Å². The maximum atomic E-state index is 12.5. The number of carbonyl (C=O) groups excluding carboxylic acids is 1. The molecule has 0 aliphatic carbocycles. The summed E-state index contributed by atoms with van der Waals surface area (Å²) in [5.41, 5.74) is 6.24. The summed E-state index contributed by atoms with van der Waals surface area (Å²) in [5, 5.41) is 9.23. The number of nitrogens with two attached hydrogens (primary N) is 1. The van der Waals surface area contributed by atoms with Gasteiger partial charge in [-0.1, -0.05) is 15.9 Å². The van der Waals surface area contributed by atoms with E-state index < -0.39 is 15.9 Å². The number of carbonyl (C=O) groups is 1.